The van der Waals surface area contributed by atoms with Gasteiger partial charge in [0.15, 0.2) is 0 Å². The number of fused-ring (bicyclic) bond motifs is 2. The van der Waals surface area contributed by atoms with Crippen molar-refractivity contribution in [2.45, 2.75) is 32.2 Å². The average Bonchev–Trinajstić information content (AvgIpc) is 3.08. The molecule has 7 rings (SSSR count). The Morgan fingerprint density at radius 1 is 0.822 bits per heavy atom. The maximum Gasteiger partial charge on any atom is 0.250 e. The molecular formula is C35H38N4O4S2. The second kappa shape index (κ2) is 14.5. The van der Waals surface area contributed by atoms with Crippen molar-refractivity contribution in [2.75, 3.05) is 76.0 Å². The number of nitrogens with zero attached hydrogens (tertiary/aromatic N) is 2. The third kappa shape index (κ3) is 7.60. The standard InChI is InChI=1S/C35H38N4O4S2/c40-34-21-28(39-13-17-42-18-14-39)20-30(37-34)29-7-4-8-32-35(29)45-31-10-9-26(19-33(31)44-32)36-27(22-38-11-15-41-16-12-38)24-43-23-25-5-2-1-3-6-25/h1-10,19-21,27,36H,11-18,22-24H2,(H,37,40)/t27-/m0/s1. The maximum absolute atomic E-state index is 12.7. The van der Waals surface area contributed by atoms with Crippen LogP contribution in [0.15, 0.2) is 103 Å². The molecule has 0 spiro atoms. The summed E-state index contributed by atoms with van der Waals surface area (Å²) in [6.07, 6.45) is 0. The zero-order valence-electron chi connectivity index (χ0n) is 25.2. The minimum atomic E-state index is -0.0874. The monoisotopic (exact) mass is 642 g/mol. The molecular weight excluding hydrogens is 605 g/mol. The van der Waals surface area contributed by atoms with E-state index < -0.39 is 0 Å². The van der Waals surface area contributed by atoms with E-state index in [1.54, 1.807) is 29.6 Å². The Morgan fingerprint density at radius 2 is 1.62 bits per heavy atom. The molecule has 4 aromatic rings. The van der Waals surface area contributed by atoms with E-state index in [1.165, 1.54) is 25.1 Å². The van der Waals surface area contributed by atoms with Crippen molar-refractivity contribution in [3.8, 4) is 11.3 Å². The molecule has 0 radical (unpaired) electrons. The molecule has 45 heavy (non-hydrogen) atoms. The molecule has 2 N–H and O–H groups in total. The van der Waals surface area contributed by atoms with Crippen LogP contribution in [0.2, 0.25) is 0 Å². The molecule has 0 aliphatic carbocycles. The fraction of sp³-hybridized carbons (Fsp3) is 0.343. The number of H-pyrrole nitrogens is 1. The fourth-order valence-electron chi connectivity index (χ4n) is 5.95. The van der Waals surface area contributed by atoms with Gasteiger partial charge in [0.1, 0.15) is 0 Å². The molecule has 4 heterocycles. The molecule has 8 nitrogen and oxygen atoms in total. The summed E-state index contributed by atoms with van der Waals surface area (Å²) in [6, 6.07) is 27.3. The Kier molecular flexibility index (Phi) is 9.76. The molecule has 0 unspecified atom stereocenters. The van der Waals surface area contributed by atoms with Crippen molar-refractivity contribution in [3.05, 3.63) is 94.8 Å². The van der Waals surface area contributed by atoms with Gasteiger partial charge in [0.05, 0.1) is 51.4 Å². The Hall–Kier alpha value is -3.25. The van der Waals surface area contributed by atoms with Crippen molar-refractivity contribution in [1.29, 1.82) is 0 Å². The van der Waals surface area contributed by atoms with E-state index in [1.807, 2.05) is 18.2 Å². The minimum absolute atomic E-state index is 0.0874. The summed E-state index contributed by atoms with van der Waals surface area (Å²) in [5.74, 6) is 0. The lowest BCUT2D eigenvalue weighted by Crippen LogP contribution is -2.44. The molecule has 0 amide bonds. The van der Waals surface area contributed by atoms with Gasteiger partial charge in [0.2, 0.25) is 5.56 Å². The topological polar surface area (TPSA) is 79.1 Å². The first-order valence-electron chi connectivity index (χ1n) is 15.6. The van der Waals surface area contributed by atoms with E-state index in [0.29, 0.717) is 26.4 Å². The van der Waals surface area contributed by atoms with Crippen LogP contribution >= 0.6 is 23.5 Å². The lowest BCUT2D eigenvalue weighted by atomic mass is 10.1. The second-order valence-electron chi connectivity index (χ2n) is 11.5. The summed E-state index contributed by atoms with van der Waals surface area (Å²) in [7, 11) is 0. The smallest absolute Gasteiger partial charge is 0.250 e. The van der Waals surface area contributed by atoms with Crippen molar-refractivity contribution >= 4 is 34.9 Å². The Labute approximate surface area is 272 Å². The van der Waals surface area contributed by atoms with E-state index in [0.717, 1.165) is 68.6 Å². The summed E-state index contributed by atoms with van der Waals surface area (Å²) < 4.78 is 17.3. The molecule has 0 bridgehead atoms. The summed E-state index contributed by atoms with van der Waals surface area (Å²) in [4.78, 5) is 25.3. The van der Waals surface area contributed by atoms with Crippen molar-refractivity contribution in [1.82, 2.24) is 9.88 Å². The first kappa shape index (κ1) is 30.4. The molecule has 3 aliphatic rings. The minimum Gasteiger partial charge on any atom is -0.379 e. The summed E-state index contributed by atoms with van der Waals surface area (Å²) in [6.45, 7) is 8.46. The quantitative estimate of drug-likeness (QED) is 0.196. The maximum atomic E-state index is 12.7. The number of hydrogen-bond acceptors (Lipinski definition) is 9. The fourth-order valence-corrected chi connectivity index (χ4v) is 8.36. The number of benzene rings is 3. The molecule has 1 atom stereocenters. The molecule has 3 aliphatic heterocycles. The van der Waals surface area contributed by atoms with Gasteiger partial charge in [-0.05, 0) is 35.9 Å². The van der Waals surface area contributed by atoms with Crippen LogP contribution in [0.25, 0.3) is 11.3 Å². The van der Waals surface area contributed by atoms with E-state index >= 15 is 0 Å². The van der Waals surface area contributed by atoms with Gasteiger partial charge in [-0.15, -0.1) is 0 Å². The van der Waals surface area contributed by atoms with Crippen molar-refractivity contribution < 1.29 is 14.2 Å². The van der Waals surface area contributed by atoms with Crippen LogP contribution in [0, 0.1) is 0 Å². The van der Waals surface area contributed by atoms with Crippen LogP contribution in [0.3, 0.4) is 0 Å². The number of hydrogen-bond donors (Lipinski definition) is 2. The van der Waals surface area contributed by atoms with Crippen LogP contribution < -0.4 is 15.8 Å². The predicted octanol–water partition coefficient (Wildman–Crippen LogP) is 5.82. The SMILES string of the molecule is O=c1cc(N2CCOCC2)cc(-c2cccc3c2Sc2ccc(N[C@H](COCc4ccccc4)CN4CCOCC4)cc2S3)[nH]1. The summed E-state index contributed by atoms with van der Waals surface area (Å²) in [5, 5.41) is 3.78. The number of nitrogens with one attached hydrogen (secondary N) is 2. The van der Waals surface area contributed by atoms with Gasteiger partial charge >= 0.3 is 0 Å². The third-order valence-electron chi connectivity index (χ3n) is 8.23. The second-order valence-corrected chi connectivity index (χ2v) is 13.6. The van der Waals surface area contributed by atoms with Gasteiger partial charge in [0, 0.05) is 75.3 Å². The van der Waals surface area contributed by atoms with Gasteiger partial charge in [0.25, 0.3) is 0 Å². The first-order valence-corrected chi connectivity index (χ1v) is 17.2. The number of rotatable bonds is 10. The van der Waals surface area contributed by atoms with Crippen molar-refractivity contribution in [2.24, 2.45) is 0 Å². The Morgan fingerprint density at radius 3 is 2.44 bits per heavy atom. The lowest BCUT2D eigenvalue weighted by molar-refractivity contribution is 0.0283. The zero-order valence-corrected chi connectivity index (χ0v) is 26.8. The van der Waals surface area contributed by atoms with E-state index in [-0.39, 0.29) is 11.6 Å². The normalized spacial score (nSPS) is 17.4. The van der Waals surface area contributed by atoms with Gasteiger partial charge in [-0.1, -0.05) is 66.0 Å². The molecule has 10 heteroatoms. The highest BCUT2D eigenvalue weighted by atomic mass is 32.2. The molecule has 0 saturated carbocycles. The molecule has 1 aromatic heterocycles. The number of ether oxygens (including phenoxy) is 3. The van der Waals surface area contributed by atoms with Crippen LogP contribution in [-0.2, 0) is 20.8 Å². The van der Waals surface area contributed by atoms with Gasteiger partial charge in [-0.25, -0.2) is 0 Å². The Bertz CT molecular complexity index is 1660. The van der Waals surface area contributed by atoms with Gasteiger partial charge in [-0.2, -0.15) is 0 Å². The highest BCUT2D eigenvalue weighted by molar-refractivity contribution is 8.05. The number of aromatic amines is 1. The first-order chi connectivity index (χ1) is 22.2. The van der Waals surface area contributed by atoms with Crippen LogP contribution in [0.5, 0.6) is 0 Å². The molecule has 2 saturated heterocycles. The predicted molar refractivity (Wildman–Crippen MR) is 181 cm³/mol. The molecule has 234 valence electrons. The number of aromatic nitrogens is 1. The number of pyridine rings is 1. The molecule has 3 aromatic carbocycles. The highest BCUT2D eigenvalue weighted by Crippen LogP contribution is 2.52. The van der Waals surface area contributed by atoms with Gasteiger partial charge < -0.3 is 29.4 Å². The van der Waals surface area contributed by atoms with Crippen LogP contribution in [0.1, 0.15) is 5.56 Å². The van der Waals surface area contributed by atoms with Gasteiger partial charge in [-0.3, -0.25) is 9.69 Å². The Balaban J connectivity index is 1.08. The third-order valence-corrected chi connectivity index (χ3v) is 10.8. The highest BCUT2D eigenvalue weighted by Gasteiger charge is 2.23. The largest absolute Gasteiger partial charge is 0.379 e. The van der Waals surface area contributed by atoms with Crippen molar-refractivity contribution in [3.63, 3.8) is 0 Å². The van der Waals surface area contributed by atoms with Crippen LogP contribution in [0.4, 0.5) is 11.4 Å². The van der Waals surface area contributed by atoms with Crippen LogP contribution in [-0.4, -0.2) is 81.7 Å². The number of anilines is 2. The zero-order chi connectivity index (χ0) is 30.4. The average molecular weight is 643 g/mol. The summed E-state index contributed by atoms with van der Waals surface area (Å²) >= 11 is 3.55. The van der Waals surface area contributed by atoms with E-state index in [9.17, 15) is 4.79 Å². The summed E-state index contributed by atoms with van der Waals surface area (Å²) in [5.41, 5.74) is 5.02. The number of morpholine rings is 2. The van der Waals surface area contributed by atoms with E-state index in [2.05, 4.69) is 74.7 Å². The lowest BCUT2D eigenvalue weighted by Gasteiger charge is -2.31. The molecule has 2 fully saturated rings. The van der Waals surface area contributed by atoms with E-state index in [4.69, 9.17) is 14.2 Å².